The predicted octanol–water partition coefficient (Wildman–Crippen LogP) is 1.67. The monoisotopic (exact) mass is 152 g/mol. The molecule has 0 bridgehead atoms. The van der Waals surface area contributed by atoms with Crippen LogP contribution in [0.4, 0.5) is 0 Å². The lowest BCUT2D eigenvalue weighted by molar-refractivity contribution is -0.113. The summed E-state index contributed by atoms with van der Waals surface area (Å²) >= 11 is 0. The van der Waals surface area contributed by atoms with Gasteiger partial charge in [-0.15, -0.1) is 6.58 Å². The van der Waals surface area contributed by atoms with Crippen molar-refractivity contribution in [2.24, 2.45) is 0 Å². The van der Waals surface area contributed by atoms with E-state index in [1.807, 2.05) is 0 Å². The van der Waals surface area contributed by atoms with Crippen molar-refractivity contribution >= 4 is 12.1 Å². The Labute approximate surface area is 66.6 Å². The molecule has 60 valence electrons. The van der Waals surface area contributed by atoms with E-state index < -0.39 is 0 Å². The highest BCUT2D eigenvalue weighted by molar-refractivity contribution is 5.91. The third-order valence-electron chi connectivity index (χ3n) is 1.16. The maximum atomic E-state index is 10.9. The lowest BCUT2D eigenvalue weighted by Crippen LogP contribution is -1.91. The number of ketones is 1. The first-order chi connectivity index (χ1) is 5.20. The minimum absolute atomic E-state index is 0.000602. The van der Waals surface area contributed by atoms with Crippen LogP contribution in [0, 0.1) is 0 Å². The second-order valence-corrected chi connectivity index (χ2v) is 2.32. The molecule has 0 N–H and O–H groups in total. The normalized spacial score (nSPS) is 10.8. The van der Waals surface area contributed by atoms with Gasteiger partial charge in [0.25, 0.3) is 0 Å². The Morgan fingerprint density at radius 3 is 2.55 bits per heavy atom. The summed E-state index contributed by atoms with van der Waals surface area (Å²) in [7, 11) is 0. The minimum atomic E-state index is -0.000602. The molecule has 0 aromatic heterocycles. The Morgan fingerprint density at radius 2 is 2.09 bits per heavy atom. The van der Waals surface area contributed by atoms with E-state index in [0.717, 1.165) is 11.9 Å². The maximum absolute atomic E-state index is 10.9. The summed E-state index contributed by atoms with van der Waals surface area (Å²) in [5.74, 6) is -0.000602. The molecule has 0 aliphatic heterocycles. The molecule has 0 fully saturated rings. The average molecular weight is 152 g/mol. The second kappa shape index (κ2) is 5.59. The first-order valence-corrected chi connectivity index (χ1v) is 3.45. The maximum Gasteiger partial charge on any atom is 0.159 e. The molecule has 2 nitrogen and oxygen atoms in total. The van der Waals surface area contributed by atoms with Crippen LogP contribution < -0.4 is 0 Å². The van der Waals surface area contributed by atoms with Crippen LogP contribution in [0.1, 0.15) is 19.8 Å². The minimum Gasteiger partial charge on any atom is -0.303 e. The molecule has 0 aromatic rings. The molecule has 0 rings (SSSR count). The van der Waals surface area contributed by atoms with Crippen molar-refractivity contribution in [2.45, 2.75) is 19.8 Å². The largest absolute Gasteiger partial charge is 0.303 e. The SMILES string of the molecule is C=CCC(=O)C=C(C)CC=O. The van der Waals surface area contributed by atoms with Crippen LogP contribution in [-0.2, 0) is 9.59 Å². The summed E-state index contributed by atoms with van der Waals surface area (Å²) in [6.07, 6.45) is 4.50. The van der Waals surface area contributed by atoms with E-state index in [2.05, 4.69) is 6.58 Å². The molecule has 0 unspecified atom stereocenters. The Hall–Kier alpha value is -1.18. The van der Waals surface area contributed by atoms with Gasteiger partial charge in [0.2, 0.25) is 0 Å². The highest BCUT2D eigenvalue weighted by atomic mass is 16.1. The summed E-state index contributed by atoms with van der Waals surface area (Å²) in [5.41, 5.74) is 0.798. The van der Waals surface area contributed by atoms with Crippen molar-refractivity contribution in [3.63, 3.8) is 0 Å². The molecule has 0 spiro atoms. The van der Waals surface area contributed by atoms with Crippen molar-refractivity contribution < 1.29 is 9.59 Å². The lowest BCUT2D eigenvalue weighted by atomic mass is 10.1. The number of aldehydes is 1. The van der Waals surface area contributed by atoms with E-state index in [1.54, 1.807) is 13.0 Å². The van der Waals surface area contributed by atoms with Gasteiger partial charge in [-0.25, -0.2) is 0 Å². The first kappa shape index (κ1) is 9.82. The first-order valence-electron chi connectivity index (χ1n) is 3.45. The smallest absolute Gasteiger partial charge is 0.159 e. The molecule has 0 aliphatic rings. The topological polar surface area (TPSA) is 34.1 Å². The second-order valence-electron chi connectivity index (χ2n) is 2.32. The van der Waals surface area contributed by atoms with Crippen molar-refractivity contribution in [2.75, 3.05) is 0 Å². The highest BCUT2D eigenvalue weighted by Gasteiger charge is 1.94. The molecule has 0 radical (unpaired) electrons. The number of hydrogen-bond acceptors (Lipinski definition) is 2. The summed E-state index contributed by atoms with van der Waals surface area (Å²) < 4.78 is 0. The van der Waals surface area contributed by atoms with Gasteiger partial charge >= 0.3 is 0 Å². The highest BCUT2D eigenvalue weighted by Crippen LogP contribution is 1.98. The van der Waals surface area contributed by atoms with Gasteiger partial charge < -0.3 is 4.79 Å². The Bertz CT molecular complexity index is 190. The fourth-order valence-corrected chi connectivity index (χ4v) is 0.666. The zero-order valence-corrected chi connectivity index (χ0v) is 6.67. The molecule has 11 heavy (non-hydrogen) atoms. The van der Waals surface area contributed by atoms with Crippen molar-refractivity contribution in [1.29, 1.82) is 0 Å². The van der Waals surface area contributed by atoms with E-state index in [-0.39, 0.29) is 5.78 Å². The van der Waals surface area contributed by atoms with Crippen LogP contribution >= 0.6 is 0 Å². The summed E-state index contributed by atoms with van der Waals surface area (Å²) in [5, 5.41) is 0. The third kappa shape index (κ3) is 5.27. The lowest BCUT2D eigenvalue weighted by Gasteiger charge is -1.91. The summed E-state index contributed by atoms with van der Waals surface area (Å²) in [4.78, 5) is 20.8. The van der Waals surface area contributed by atoms with Crippen LogP contribution in [0.5, 0.6) is 0 Å². The molecule has 0 atom stereocenters. The molecule has 0 aliphatic carbocycles. The standard InChI is InChI=1S/C9H12O2/c1-3-4-9(11)7-8(2)5-6-10/h3,6-7H,1,4-5H2,2H3. The van der Waals surface area contributed by atoms with Crippen LogP contribution in [0.2, 0.25) is 0 Å². The average Bonchev–Trinajstić information content (AvgIpc) is 1.87. The third-order valence-corrected chi connectivity index (χ3v) is 1.16. The van der Waals surface area contributed by atoms with Crippen LogP contribution in [0.25, 0.3) is 0 Å². The van der Waals surface area contributed by atoms with Gasteiger partial charge in [0.1, 0.15) is 6.29 Å². The predicted molar refractivity (Wildman–Crippen MR) is 44.3 cm³/mol. The van der Waals surface area contributed by atoms with E-state index in [9.17, 15) is 9.59 Å². The van der Waals surface area contributed by atoms with Gasteiger partial charge in [-0.05, 0) is 13.0 Å². The molecule has 0 aromatic carbocycles. The molecule has 0 saturated carbocycles. The van der Waals surface area contributed by atoms with E-state index >= 15 is 0 Å². The Balaban J connectivity index is 3.95. The van der Waals surface area contributed by atoms with E-state index in [0.29, 0.717) is 12.8 Å². The number of rotatable bonds is 5. The zero-order valence-electron chi connectivity index (χ0n) is 6.67. The van der Waals surface area contributed by atoms with Gasteiger partial charge in [0, 0.05) is 12.8 Å². The van der Waals surface area contributed by atoms with Gasteiger partial charge in [-0.1, -0.05) is 11.6 Å². The fourth-order valence-electron chi connectivity index (χ4n) is 0.666. The fraction of sp³-hybridized carbons (Fsp3) is 0.333. The van der Waals surface area contributed by atoms with Gasteiger partial charge in [0.15, 0.2) is 5.78 Å². The molecular formula is C9H12O2. The Kier molecular flexibility index (Phi) is 4.99. The molecule has 0 saturated heterocycles. The van der Waals surface area contributed by atoms with Crippen molar-refractivity contribution in [1.82, 2.24) is 0 Å². The molecule has 0 amide bonds. The molecule has 0 heterocycles. The molecule has 2 heteroatoms. The van der Waals surface area contributed by atoms with Gasteiger partial charge in [-0.2, -0.15) is 0 Å². The Morgan fingerprint density at radius 1 is 1.45 bits per heavy atom. The summed E-state index contributed by atoms with van der Waals surface area (Å²) in [6.45, 7) is 5.19. The number of carbonyl (C=O) groups excluding carboxylic acids is 2. The van der Waals surface area contributed by atoms with Crippen LogP contribution in [-0.4, -0.2) is 12.1 Å². The van der Waals surface area contributed by atoms with Crippen LogP contribution in [0.3, 0.4) is 0 Å². The van der Waals surface area contributed by atoms with Gasteiger partial charge in [0.05, 0.1) is 0 Å². The number of allylic oxidation sites excluding steroid dienone is 3. The van der Waals surface area contributed by atoms with E-state index in [4.69, 9.17) is 0 Å². The zero-order chi connectivity index (χ0) is 8.69. The van der Waals surface area contributed by atoms with Gasteiger partial charge in [-0.3, -0.25) is 4.79 Å². The number of hydrogen-bond donors (Lipinski definition) is 0. The quantitative estimate of drug-likeness (QED) is 0.341. The number of carbonyl (C=O) groups is 2. The van der Waals surface area contributed by atoms with Crippen LogP contribution in [0.15, 0.2) is 24.3 Å². The van der Waals surface area contributed by atoms with E-state index in [1.165, 1.54) is 6.08 Å². The van der Waals surface area contributed by atoms with Crippen molar-refractivity contribution in [3.05, 3.63) is 24.3 Å². The molecular weight excluding hydrogens is 140 g/mol. The van der Waals surface area contributed by atoms with Crippen molar-refractivity contribution in [3.8, 4) is 0 Å². The summed E-state index contributed by atoms with van der Waals surface area (Å²) in [6, 6.07) is 0.